The molecule has 7 rings (SSSR count). The highest BCUT2D eigenvalue weighted by atomic mass is 16.5. The molecule has 2 aromatic heterocycles. The fraction of sp³-hybridized carbons (Fsp3) is 0.316. The zero-order chi connectivity index (χ0) is 32.2. The van der Waals surface area contributed by atoms with Gasteiger partial charge in [0.25, 0.3) is 0 Å². The summed E-state index contributed by atoms with van der Waals surface area (Å²) in [7, 11) is 3.33. The molecule has 2 aliphatic rings. The van der Waals surface area contributed by atoms with Crippen molar-refractivity contribution in [3.05, 3.63) is 108 Å². The second-order valence-electron chi connectivity index (χ2n) is 12.3. The van der Waals surface area contributed by atoms with Crippen LogP contribution in [0.2, 0.25) is 0 Å². The Labute approximate surface area is 276 Å². The van der Waals surface area contributed by atoms with Crippen LogP contribution in [0.15, 0.2) is 91.1 Å². The van der Waals surface area contributed by atoms with Crippen molar-refractivity contribution in [1.29, 1.82) is 0 Å². The van der Waals surface area contributed by atoms with Crippen LogP contribution >= 0.6 is 0 Å². The number of nitrogens with one attached hydrogen (secondary N) is 1. The summed E-state index contributed by atoms with van der Waals surface area (Å²) in [4.78, 5) is 25.3. The van der Waals surface area contributed by atoms with Crippen molar-refractivity contribution in [3.63, 3.8) is 0 Å². The van der Waals surface area contributed by atoms with Gasteiger partial charge in [0.15, 0.2) is 11.5 Å². The number of carbonyl (C=O) groups is 1. The highest BCUT2D eigenvalue weighted by molar-refractivity contribution is 5.91. The van der Waals surface area contributed by atoms with Gasteiger partial charge in [-0.25, -0.2) is 4.98 Å². The van der Waals surface area contributed by atoms with E-state index in [1.807, 2.05) is 18.2 Å². The number of hydrogen-bond donors (Lipinski definition) is 1. The number of anilines is 2. The number of pyridine rings is 1. The van der Waals surface area contributed by atoms with Crippen LogP contribution in [0.5, 0.6) is 11.5 Å². The van der Waals surface area contributed by atoms with Crippen LogP contribution in [0.3, 0.4) is 0 Å². The molecule has 1 N–H and O–H groups in total. The smallest absolute Gasteiger partial charge is 0.225 e. The molecule has 0 aliphatic carbocycles. The molecule has 0 saturated carbocycles. The van der Waals surface area contributed by atoms with Gasteiger partial charge >= 0.3 is 0 Å². The first-order valence-electron chi connectivity index (χ1n) is 16.4. The van der Waals surface area contributed by atoms with Crippen LogP contribution in [0.1, 0.15) is 23.2 Å². The van der Waals surface area contributed by atoms with Crippen LogP contribution in [0.25, 0.3) is 16.9 Å². The first kappa shape index (κ1) is 30.8. The monoisotopic (exact) mass is 630 g/mol. The van der Waals surface area contributed by atoms with E-state index in [1.54, 1.807) is 14.2 Å². The van der Waals surface area contributed by atoms with E-state index >= 15 is 0 Å². The highest BCUT2D eigenvalue weighted by Crippen LogP contribution is 2.33. The summed E-state index contributed by atoms with van der Waals surface area (Å²) in [5, 5.41) is 3.10. The molecule has 9 nitrogen and oxygen atoms in total. The molecule has 0 radical (unpaired) electrons. The second kappa shape index (κ2) is 13.9. The normalized spacial score (nSPS) is 15.4. The van der Waals surface area contributed by atoms with E-state index in [-0.39, 0.29) is 5.91 Å². The topological polar surface area (TPSA) is 74.6 Å². The predicted octanol–water partition coefficient (Wildman–Crippen LogP) is 5.73. The lowest BCUT2D eigenvalue weighted by Crippen LogP contribution is -2.46. The van der Waals surface area contributed by atoms with Crippen LogP contribution < -0.4 is 19.7 Å². The van der Waals surface area contributed by atoms with Crippen molar-refractivity contribution in [2.24, 2.45) is 0 Å². The first-order valence-corrected chi connectivity index (χ1v) is 16.4. The average molecular weight is 631 g/mol. The minimum Gasteiger partial charge on any atom is -0.493 e. The molecular weight excluding hydrogens is 588 g/mol. The molecule has 47 heavy (non-hydrogen) atoms. The predicted molar refractivity (Wildman–Crippen MR) is 186 cm³/mol. The summed E-state index contributed by atoms with van der Waals surface area (Å²) in [5.74, 6) is 1.52. The zero-order valence-corrected chi connectivity index (χ0v) is 27.2. The number of fused-ring (bicyclic) bond motifs is 2. The number of ether oxygens (including phenoxy) is 2. The third-order valence-electron chi connectivity index (χ3n) is 9.39. The molecule has 5 aromatic rings. The van der Waals surface area contributed by atoms with Crippen LogP contribution in [0, 0.1) is 0 Å². The molecule has 1 saturated heterocycles. The number of benzene rings is 3. The van der Waals surface area contributed by atoms with Gasteiger partial charge in [-0.15, -0.1) is 0 Å². The average Bonchev–Trinajstić information content (AvgIpc) is 3.49. The maximum absolute atomic E-state index is 12.9. The van der Waals surface area contributed by atoms with Gasteiger partial charge in [-0.3, -0.25) is 14.6 Å². The maximum Gasteiger partial charge on any atom is 0.225 e. The Morgan fingerprint density at radius 1 is 0.809 bits per heavy atom. The van der Waals surface area contributed by atoms with Crippen LogP contribution in [-0.4, -0.2) is 78.6 Å². The number of methoxy groups -OCH3 is 2. The molecule has 0 atom stereocenters. The van der Waals surface area contributed by atoms with Gasteiger partial charge < -0.3 is 24.1 Å². The molecule has 1 fully saturated rings. The number of piperazine rings is 1. The standard InChI is InChI=1S/C38H42N6O3/c1-46-34-24-29-15-18-41(26-30(29)25-35(34)47-2)19-16-37(45)39-31-13-11-28(12-14-31)38-33(44-17-7-6-10-36(44)40-38)27-42-20-22-43(23-21-42)32-8-4-3-5-9-32/h3-14,17,24-25H,15-16,18-23,26-27H2,1-2H3,(H,39,45). The van der Waals surface area contributed by atoms with Gasteiger partial charge in [-0.2, -0.15) is 0 Å². The Morgan fingerprint density at radius 3 is 2.28 bits per heavy atom. The van der Waals surface area contributed by atoms with Gasteiger partial charge in [0.2, 0.25) is 5.91 Å². The number of hydrogen-bond acceptors (Lipinski definition) is 7. The quantitative estimate of drug-likeness (QED) is 0.211. The van der Waals surface area contributed by atoms with Gasteiger partial charge in [-0.05, 0) is 66.1 Å². The SMILES string of the molecule is COc1cc2c(cc1OC)CN(CCC(=O)Nc1ccc(-c3nc4ccccn4c3CN3CCN(c4ccccc4)CC3)cc1)CC2. The van der Waals surface area contributed by atoms with Gasteiger partial charge in [0, 0.05) is 81.9 Å². The van der Waals surface area contributed by atoms with E-state index in [4.69, 9.17) is 14.5 Å². The third kappa shape index (κ3) is 6.82. The van der Waals surface area contributed by atoms with Crippen molar-refractivity contribution in [3.8, 4) is 22.8 Å². The molecule has 3 aromatic carbocycles. The molecular formula is C38H42N6O3. The van der Waals surface area contributed by atoms with Crippen molar-refractivity contribution in [2.45, 2.75) is 25.9 Å². The molecule has 2 aliphatic heterocycles. The molecule has 4 heterocycles. The largest absolute Gasteiger partial charge is 0.493 e. The summed E-state index contributed by atoms with van der Waals surface area (Å²) in [6, 6.07) is 29.0. The summed E-state index contributed by atoms with van der Waals surface area (Å²) in [5.41, 5.74) is 8.74. The molecule has 0 unspecified atom stereocenters. The molecule has 1 amide bonds. The highest BCUT2D eigenvalue weighted by Gasteiger charge is 2.22. The molecule has 242 valence electrons. The fourth-order valence-electron chi connectivity index (χ4n) is 6.77. The Balaban J connectivity index is 0.975. The number of amides is 1. The lowest BCUT2D eigenvalue weighted by Gasteiger charge is -2.36. The number of nitrogens with zero attached hydrogens (tertiary/aromatic N) is 5. The van der Waals surface area contributed by atoms with Crippen LogP contribution in [0.4, 0.5) is 11.4 Å². The minimum atomic E-state index is 0.0129. The number of imidazole rings is 1. The first-order chi connectivity index (χ1) is 23.1. The number of rotatable bonds is 10. The Hall–Kier alpha value is -4.86. The van der Waals surface area contributed by atoms with E-state index in [0.29, 0.717) is 13.0 Å². The Morgan fingerprint density at radius 2 is 1.53 bits per heavy atom. The van der Waals surface area contributed by atoms with E-state index in [9.17, 15) is 4.79 Å². The van der Waals surface area contributed by atoms with Crippen molar-refractivity contribution in [2.75, 3.05) is 63.7 Å². The van der Waals surface area contributed by atoms with E-state index < -0.39 is 0 Å². The summed E-state index contributed by atoms with van der Waals surface area (Å²) >= 11 is 0. The number of carbonyl (C=O) groups excluding carboxylic acids is 1. The minimum absolute atomic E-state index is 0.0129. The Kier molecular flexibility index (Phi) is 9.08. The molecule has 0 bridgehead atoms. The summed E-state index contributed by atoms with van der Waals surface area (Å²) < 4.78 is 13.2. The van der Waals surface area contributed by atoms with Crippen molar-refractivity contribution in [1.82, 2.24) is 19.2 Å². The van der Waals surface area contributed by atoms with E-state index in [2.05, 4.69) is 97.3 Å². The van der Waals surface area contributed by atoms with Crippen molar-refractivity contribution >= 4 is 22.9 Å². The van der Waals surface area contributed by atoms with Gasteiger partial charge in [0.1, 0.15) is 5.65 Å². The maximum atomic E-state index is 12.9. The summed E-state index contributed by atoms with van der Waals surface area (Å²) in [6.45, 7) is 7.21. The third-order valence-corrected chi connectivity index (χ3v) is 9.39. The van der Waals surface area contributed by atoms with E-state index in [1.165, 1.54) is 22.5 Å². The van der Waals surface area contributed by atoms with Crippen LogP contribution in [-0.2, 0) is 24.3 Å². The summed E-state index contributed by atoms with van der Waals surface area (Å²) in [6.07, 6.45) is 3.45. The Bertz CT molecular complexity index is 1830. The number of aromatic nitrogens is 2. The van der Waals surface area contributed by atoms with E-state index in [0.717, 1.165) is 86.3 Å². The molecule has 9 heteroatoms. The lowest BCUT2D eigenvalue weighted by atomic mass is 9.98. The second-order valence-corrected chi connectivity index (χ2v) is 12.3. The fourth-order valence-corrected chi connectivity index (χ4v) is 6.77. The lowest BCUT2D eigenvalue weighted by molar-refractivity contribution is -0.116. The number of para-hydroxylation sites is 1. The molecule has 0 spiro atoms. The van der Waals surface area contributed by atoms with Crippen molar-refractivity contribution < 1.29 is 14.3 Å². The van der Waals surface area contributed by atoms with Gasteiger partial charge in [0.05, 0.1) is 25.6 Å². The van der Waals surface area contributed by atoms with Gasteiger partial charge in [-0.1, -0.05) is 36.4 Å². The zero-order valence-electron chi connectivity index (χ0n) is 27.2.